The Morgan fingerprint density at radius 1 is 0.795 bits per heavy atom. The molecule has 0 saturated carbocycles. The van der Waals surface area contributed by atoms with Gasteiger partial charge in [-0.15, -0.1) is 0 Å². The number of aliphatic hydroxyl groups is 6. The molecule has 0 bridgehead atoms. The van der Waals surface area contributed by atoms with E-state index in [4.69, 9.17) is 28.1 Å². The molecule has 2 aromatic carbocycles. The van der Waals surface area contributed by atoms with E-state index in [1.165, 1.54) is 32.2 Å². The topological polar surface area (TPSA) is 258 Å². The van der Waals surface area contributed by atoms with Crippen LogP contribution in [0, 0.1) is 0 Å². The second kappa shape index (κ2) is 12.4. The number of aromatic hydroxyl groups is 3. The summed E-state index contributed by atoms with van der Waals surface area (Å²) in [4.78, 5) is 12.7. The molecule has 0 aliphatic carbocycles. The Morgan fingerprint density at radius 2 is 1.48 bits per heavy atom. The first kappa shape index (κ1) is 31.7. The monoisotopic (exact) mass is 624 g/mol. The van der Waals surface area contributed by atoms with E-state index in [-0.39, 0.29) is 39.5 Å². The maximum absolute atomic E-state index is 12.7. The zero-order valence-electron chi connectivity index (χ0n) is 23.3. The van der Waals surface area contributed by atoms with E-state index in [2.05, 4.69) is 0 Å². The van der Waals surface area contributed by atoms with E-state index in [0.717, 1.165) is 12.1 Å². The Balaban J connectivity index is 1.36. The molecule has 2 fully saturated rings. The molecule has 3 aromatic rings. The fraction of sp³-hybridized carbons (Fsp3) is 0.464. The van der Waals surface area contributed by atoms with Gasteiger partial charge in [0.2, 0.25) is 17.5 Å². The van der Waals surface area contributed by atoms with E-state index < -0.39 is 84.9 Å². The fourth-order valence-corrected chi connectivity index (χ4v) is 4.99. The first-order valence-electron chi connectivity index (χ1n) is 13.4. The summed E-state index contributed by atoms with van der Waals surface area (Å²) < 4.78 is 33.2. The lowest BCUT2D eigenvalue weighted by atomic mass is 9.98. The first-order chi connectivity index (χ1) is 20.8. The fourth-order valence-electron chi connectivity index (χ4n) is 4.99. The molecular weight excluding hydrogens is 592 g/mol. The van der Waals surface area contributed by atoms with Crippen molar-refractivity contribution in [3.63, 3.8) is 0 Å². The number of fused-ring (bicyclic) bond motifs is 1. The van der Waals surface area contributed by atoms with Crippen LogP contribution in [0.25, 0.3) is 22.3 Å². The van der Waals surface area contributed by atoms with Crippen molar-refractivity contribution in [3.8, 4) is 40.1 Å². The van der Waals surface area contributed by atoms with Crippen molar-refractivity contribution in [1.29, 1.82) is 0 Å². The quantitative estimate of drug-likeness (QED) is 0.147. The summed E-state index contributed by atoms with van der Waals surface area (Å²) in [5.74, 6) is -2.17. The molecule has 9 N–H and O–H groups in total. The highest BCUT2D eigenvalue weighted by Gasteiger charge is 2.47. The summed E-state index contributed by atoms with van der Waals surface area (Å²) in [5, 5.41) is 91.6. The zero-order chi connectivity index (χ0) is 32.0. The molecule has 10 atom stereocenters. The summed E-state index contributed by atoms with van der Waals surface area (Å²) in [7, 11) is 1.27. The van der Waals surface area contributed by atoms with Gasteiger partial charge in [-0.2, -0.15) is 0 Å². The molecule has 2 aliphatic rings. The standard InChI is InChI=1S/C28H32O16/c1-9-18(31)21(34)24(37)27(41-9)40-8-16-19(32)22(35)25(38)28(44-16)43-13-4-3-10(5-14(13)39-2)26-23(36)20(33)17-12(30)6-11(29)7-15(17)42-26/h3-7,9,16,18-19,21-22,24-25,27-32,34-38H,8H2,1-2H3. The van der Waals surface area contributed by atoms with Crippen LogP contribution >= 0.6 is 0 Å². The van der Waals surface area contributed by atoms with E-state index in [1.54, 1.807) is 0 Å². The Labute approximate surface area is 248 Å². The zero-order valence-corrected chi connectivity index (χ0v) is 23.3. The number of ether oxygens (including phenoxy) is 5. The van der Waals surface area contributed by atoms with Crippen molar-refractivity contribution in [2.45, 2.75) is 68.3 Å². The van der Waals surface area contributed by atoms with Gasteiger partial charge in [0.05, 0.1) is 19.8 Å². The molecular formula is C28H32O16. The third kappa shape index (κ3) is 5.74. The normalized spacial score (nSPS) is 32.5. The van der Waals surface area contributed by atoms with Crippen LogP contribution in [-0.2, 0) is 14.2 Å². The van der Waals surface area contributed by atoms with Crippen molar-refractivity contribution in [2.75, 3.05) is 13.7 Å². The third-order valence-electron chi connectivity index (χ3n) is 7.51. The number of phenols is 2. The van der Waals surface area contributed by atoms with Gasteiger partial charge in [0.1, 0.15) is 65.2 Å². The number of hydrogen-bond donors (Lipinski definition) is 9. The number of benzene rings is 2. The molecule has 3 heterocycles. The highest BCUT2D eigenvalue weighted by Crippen LogP contribution is 2.39. The van der Waals surface area contributed by atoms with Gasteiger partial charge < -0.3 is 74.1 Å². The SMILES string of the molecule is COc1cc(-c2oc3cc(O)cc(O)c3c(=O)c2O)ccc1OC1OC(COC2OC(C)C(O)C(O)C2O)C(O)C(O)C1O. The van der Waals surface area contributed by atoms with Crippen LogP contribution in [0.4, 0.5) is 0 Å². The molecule has 0 amide bonds. The maximum atomic E-state index is 12.7. The van der Waals surface area contributed by atoms with E-state index in [9.17, 15) is 50.8 Å². The van der Waals surface area contributed by atoms with Gasteiger partial charge in [0.15, 0.2) is 23.5 Å². The Morgan fingerprint density at radius 3 is 2.18 bits per heavy atom. The van der Waals surface area contributed by atoms with Crippen molar-refractivity contribution < 1.29 is 74.1 Å². The van der Waals surface area contributed by atoms with Gasteiger partial charge >= 0.3 is 0 Å². The van der Waals surface area contributed by atoms with Gasteiger partial charge in [-0.3, -0.25) is 4.79 Å². The van der Waals surface area contributed by atoms with E-state index in [0.29, 0.717) is 0 Å². The second-order valence-corrected chi connectivity index (χ2v) is 10.5. The number of rotatable bonds is 7. The molecule has 16 heteroatoms. The molecule has 5 rings (SSSR count). The smallest absolute Gasteiger partial charge is 0.238 e. The first-order valence-corrected chi connectivity index (χ1v) is 13.4. The molecule has 10 unspecified atom stereocenters. The Hall–Kier alpha value is -3.71. The molecule has 2 saturated heterocycles. The summed E-state index contributed by atoms with van der Waals surface area (Å²) in [6.07, 6.45) is -15.0. The lowest BCUT2D eigenvalue weighted by molar-refractivity contribution is -0.318. The van der Waals surface area contributed by atoms with Crippen molar-refractivity contribution in [2.24, 2.45) is 0 Å². The molecule has 0 radical (unpaired) electrons. The Kier molecular flexibility index (Phi) is 8.90. The van der Waals surface area contributed by atoms with Crippen LogP contribution in [0.2, 0.25) is 0 Å². The number of phenolic OH excluding ortho intramolecular Hbond substituents is 2. The third-order valence-corrected chi connectivity index (χ3v) is 7.51. The number of aliphatic hydroxyl groups excluding tert-OH is 6. The number of methoxy groups -OCH3 is 1. The molecule has 44 heavy (non-hydrogen) atoms. The predicted molar refractivity (Wildman–Crippen MR) is 145 cm³/mol. The predicted octanol–water partition coefficient (Wildman–Crippen LogP) is -1.38. The van der Waals surface area contributed by atoms with Gasteiger partial charge in [-0.1, -0.05) is 0 Å². The van der Waals surface area contributed by atoms with Crippen LogP contribution in [0.1, 0.15) is 6.92 Å². The van der Waals surface area contributed by atoms with Crippen molar-refractivity contribution >= 4 is 11.0 Å². The summed E-state index contributed by atoms with van der Waals surface area (Å²) in [6.45, 7) is 0.957. The highest BCUT2D eigenvalue weighted by atomic mass is 16.7. The van der Waals surface area contributed by atoms with Crippen molar-refractivity contribution in [3.05, 3.63) is 40.6 Å². The van der Waals surface area contributed by atoms with Crippen molar-refractivity contribution in [1.82, 2.24) is 0 Å². The Bertz CT molecular complexity index is 1560. The average Bonchev–Trinajstić information content (AvgIpc) is 2.99. The van der Waals surface area contributed by atoms with Crippen LogP contribution in [-0.4, -0.2) is 121 Å². The van der Waals surface area contributed by atoms with Crippen LogP contribution in [0.5, 0.6) is 28.7 Å². The largest absolute Gasteiger partial charge is 0.508 e. The summed E-state index contributed by atoms with van der Waals surface area (Å²) >= 11 is 0. The second-order valence-electron chi connectivity index (χ2n) is 10.5. The summed E-state index contributed by atoms with van der Waals surface area (Å²) in [5.41, 5.74) is -1.04. The minimum atomic E-state index is -1.77. The van der Waals surface area contributed by atoms with E-state index in [1.807, 2.05) is 0 Å². The van der Waals surface area contributed by atoms with Gasteiger partial charge in [0.25, 0.3) is 0 Å². The van der Waals surface area contributed by atoms with Gasteiger partial charge in [-0.05, 0) is 25.1 Å². The molecule has 240 valence electrons. The minimum Gasteiger partial charge on any atom is -0.508 e. The van der Waals surface area contributed by atoms with Gasteiger partial charge in [0, 0.05) is 17.7 Å². The highest BCUT2D eigenvalue weighted by molar-refractivity contribution is 5.88. The molecule has 1 aromatic heterocycles. The van der Waals surface area contributed by atoms with Gasteiger partial charge in [-0.25, -0.2) is 0 Å². The molecule has 0 spiro atoms. The molecule has 16 nitrogen and oxygen atoms in total. The van der Waals surface area contributed by atoms with Crippen LogP contribution < -0.4 is 14.9 Å². The maximum Gasteiger partial charge on any atom is 0.238 e. The minimum absolute atomic E-state index is 0.00660. The lowest BCUT2D eigenvalue weighted by Gasteiger charge is -2.42. The molecule has 2 aliphatic heterocycles. The van der Waals surface area contributed by atoms with Crippen LogP contribution in [0.3, 0.4) is 0 Å². The van der Waals surface area contributed by atoms with E-state index >= 15 is 0 Å². The summed E-state index contributed by atoms with van der Waals surface area (Å²) in [6, 6.07) is 5.99. The lowest BCUT2D eigenvalue weighted by Crippen LogP contribution is -2.61. The number of hydrogen-bond acceptors (Lipinski definition) is 16. The average molecular weight is 625 g/mol. The van der Waals surface area contributed by atoms with Crippen LogP contribution in [0.15, 0.2) is 39.5 Å².